The van der Waals surface area contributed by atoms with E-state index in [4.69, 9.17) is 0 Å². The van der Waals surface area contributed by atoms with Crippen molar-refractivity contribution in [2.75, 3.05) is 11.5 Å². The third-order valence-corrected chi connectivity index (χ3v) is 6.99. The lowest BCUT2D eigenvalue weighted by Gasteiger charge is -2.28. The van der Waals surface area contributed by atoms with E-state index in [1.165, 1.54) is 10.8 Å². The molecule has 1 aliphatic heterocycles. The molecule has 30 heavy (non-hydrogen) atoms. The molecule has 1 aromatic carbocycles. The van der Waals surface area contributed by atoms with Gasteiger partial charge in [0, 0.05) is 43.5 Å². The minimum atomic E-state index is -0.908. The molecule has 1 fully saturated rings. The molecule has 8 heteroatoms. The number of aliphatic hydroxyl groups excluding tert-OH is 1. The van der Waals surface area contributed by atoms with Crippen LogP contribution in [0.15, 0.2) is 52.7 Å². The molecule has 1 aromatic heterocycles. The molecule has 156 valence electrons. The van der Waals surface area contributed by atoms with Gasteiger partial charge in [-0.1, -0.05) is 41.5 Å². The molecule has 2 heterocycles. The van der Waals surface area contributed by atoms with Crippen LogP contribution in [-0.4, -0.2) is 42.3 Å². The number of carbonyl (C=O) groups excluding carboxylic acids is 2. The highest BCUT2D eigenvalue weighted by Gasteiger charge is 2.32. The van der Waals surface area contributed by atoms with Gasteiger partial charge in [-0.3, -0.25) is 19.0 Å². The highest BCUT2D eigenvalue weighted by atomic mass is 32.2. The summed E-state index contributed by atoms with van der Waals surface area (Å²) >= 11 is -0.908. The van der Waals surface area contributed by atoms with Gasteiger partial charge in [0.2, 0.25) is 5.78 Å². The molecular weight excluding hydrogens is 404 g/mol. The molecule has 0 radical (unpaired) electrons. The number of aromatic nitrogens is 2. The van der Waals surface area contributed by atoms with Gasteiger partial charge in [0.05, 0.1) is 0 Å². The van der Waals surface area contributed by atoms with Gasteiger partial charge in [-0.2, -0.15) is 0 Å². The van der Waals surface area contributed by atoms with E-state index in [-0.39, 0.29) is 35.8 Å². The first-order valence-corrected chi connectivity index (χ1v) is 11.5. The minimum absolute atomic E-state index is 0.170. The summed E-state index contributed by atoms with van der Waals surface area (Å²) in [7, 11) is 0. The SMILES string of the molecule is O=C1CCCC(O)=C1C(=O)c1cnc(-c2ccccc2)n(C2CC[S+]([O-])CC2)c1=O. The minimum Gasteiger partial charge on any atom is -0.616 e. The Morgan fingerprint density at radius 2 is 1.83 bits per heavy atom. The second-order valence-corrected chi connectivity index (χ2v) is 9.24. The van der Waals surface area contributed by atoms with Crippen molar-refractivity contribution in [2.45, 2.75) is 38.1 Å². The second kappa shape index (κ2) is 8.57. The Kier molecular flexibility index (Phi) is 5.87. The lowest BCUT2D eigenvalue weighted by molar-refractivity contribution is -0.116. The Morgan fingerprint density at radius 1 is 1.13 bits per heavy atom. The van der Waals surface area contributed by atoms with Gasteiger partial charge in [0.1, 0.15) is 34.2 Å². The van der Waals surface area contributed by atoms with Crippen molar-refractivity contribution in [1.82, 2.24) is 9.55 Å². The third-order valence-electron chi connectivity index (χ3n) is 5.60. The average molecular weight is 426 g/mol. The molecule has 1 saturated heterocycles. The number of rotatable bonds is 4. The molecule has 0 amide bonds. The Hall–Kier alpha value is -2.71. The number of benzene rings is 1. The van der Waals surface area contributed by atoms with Crippen LogP contribution in [0, 0.1) is 0 Å². The first-order valence-electron chi connectivity index (χ1n) is 9.99. The fourth-order valence-corrected chi connectivity index (χ4v) is 5.30. The largest absolute Gasteiger partial charge is 0.616 e. The van der Waals surface area contributed by atoms with Crippen molar-refractivity contribution in [3.8, 4) is 11.4 Å². The van der Waals surface area contributed by atoms with Gasteiger partial charge < -0.3 is 9.66 Å². The van der Waals surface area contributed by atoms with E-state index < -0.39 is 28.3 Å². The zero-order chi connectivity index (χ0) is 21.3. The van der Waals surface area contributed by atoms with Gasteiger partial charge in [-0.25, -0.2) is 4.98 Å². The summed E-state index contributed by atoms with van der Waals surface area (Å²) in [5, 5.41) is 10.1. The van der Waals surface area contributed by atoms with Crippen LogP contribution in [0.5, 0.6) is 0 Å². The molecule has 0 unspecified atom stereocenters. The molecule has 2 aromatic rings. The van der Waals surface area contributed by atoms with Crippen LogP contribution in [0.25, 0.3) is 11.4 Å². The summed E-state index contributed by atoms with van der Waals surface area (Å²) in [6.45, 7) is 0. The zero-order valence-electron chi connectivity index (χ0n) is 16.4. The fourth-order valence-electron chi connectivity index (χ4n) is 4.02. The molecule has 7 nitrogen and oxygen atoms in total. The fraction of sp³-hybridized carbons (Fsp3) is 0.364. The van der Waals surface area contributed by atoms with E-state index in [0.717, 1.165) is 5.56 Å². The second-order valence-electron chi connectivity index (χ2n) is 7.54. The van der Waals surface area contributed by atoms with Crippen LogP contribution in [-0.2, 0) is 16.0 Å². The maximum Gasteiger partial charge on any atom is 0.265 e. The van der Waals surface area contributed by atoms with Gasteiger partial charge in [0.25, 0.3) is 5.56 Å². The molecule has 0 atom stereocenters. The molecule has 4 rings (SSSR count). The van der Waals surface area contributed by atoms with Crippen molar-refractivity contribution >= 4 is 22.7 Å². The van der Waals surface area contributed by atoms with Crippen molar-refractivity contribution in [1.29, 1.82) is 0 Å². The first-order chi connectivity index (χ1) is 14.5. The number of nitrogens with zero attached hydrogens (tertiary/aromatic N) is 2. The van der Waals surface area contributed by atoms with Crippen molar-refractivity contribution in [3.05, 3.63) is 63.8 Å². The van der Waals surface area contributed by atoms with E-state index in [1.807, 2.05) is 30.3 Å². The van der Waals surface area contributed by atoms with Crippen LogP contribution < -0.4 is 5.56 Å². The number of allylic oxidation sites excluding steroid dienone is 2. The van der Waals surface area contributed by atoms with E-state index in [9.17, 15) is 24.0 Å². The summed E-state index contributed by atoms with van der Waals surface area (Å²) in [6.07, 6.45) is 3.17. The van der Waals surface area contributed by atoms with Crippen LogP contribution in [0.3, 0.4) is 0 Å². The van der Waals surface area contributed by atoms with Gasteiger partial charge in [0.15, 0.2) is 5.78 Å². The van der Waals surface area contributed by atoms with Crippen LogP contribution in [0.1, 0.15) is 48.5 Å². The molecule has 0 bridgehead atoms. The summed E-state index contributed by atoms with van der Waals surface area (Å²) in [5.74, 6) is -0.0928. The Balaban J connectivity index is 1.84. The van der Waals surface area contributed by atoms with Gasteiger partial charge in [-0.15, -0.1) is 0 Å². The maximum absolute atomic E-state index is 13.5. The standard InChI is InChI=1S/C22H22N2O5S/c25-17-7-4-8-18(26)19(17)20(27)16-13-23-21(14-5-2-1-3-6-14)24(22(16)28)15-9-11-30(29)12-10-15/h1-3,5-6,13,15,25H,4,7-12H2. The van der Waals surface area contributed by atoms with Gasteiger partial charge >= 0.3 is 0 Å². The molecule has 2 aliphatic rings. The third kappa shape index (κ3) is 3.85. The zero-order valence-corrected chi connectivity index (χ0v) is 17.2. The first kappa shape index (κ1) is 20.6. The van der Waals surface area contributed by atoms with Crippen LogP contribution in [0.2, 0.25) is 0 Å². The average Bonchev–Trinajstić information content (AvgIpc) is 2.74. The van der Waals surface area contributed by atoms with E-state index in [1.54, 1.807) is 0 Å². The maximum atomic E-state index is 13.5. The number of ketones is 2. The predicted molar refractivity (Wildman–Crippen MR) is 113 cm³/mol. The quantitative estimate of drug-likeness (QED) is 0.457. The Labute approximate surface area is 176 Å². The van der Waals surface area contributed by atoms with E-state index >= 15 is 0 Å². The molecule has 1 N–H and O–H groups in total. The topological polar surface area (TPSA) is 112 Å². The van der Waals surface area contributed by atoms with Crippen molar-refractivity contribution in [2.24, 2.45) is 0 Å². The smallest absolute Gasteiger partial charge is 0.265 e. The summed E-state index contributed by atoms with van der Waals surface area (Å²) < 4.78 is 13.3. The summed E-state index contributed by atoms with van der Waals surface area (Å²) in [6, 6.07) is 8.96. The molecule has 1 aliphatic carbocycles. The number of Topliss-reactive ketones (excluding diaryl/α,β-unsaturated/α-hetero) is 2. The Morgan fingerprint density at radius 3 is 2.50 bits per heavy atom. The number of aliphatic hydroxyl groups is 1. The summed E-state index contributed by atoms with van der Waals surface area (Å²) in [5.41, 5.74) is -0.330. The lowest BCUT2D eigenvalue weighted by atomic mass is 9.91. The van der Waals surface area contributed by atoms with Gasteiger partial charge in [-0.05, 0) is 6.42 Å². The van der Waals surface area contributed by atoms with Crippen molar-refractivity contribution < 1.29 is 19.2 Å². The van der Waals surface area contributed by atoms with Crippen LogP contribution >= 0.6 is 0 Å². The Bertz CT molecular complexity index is 1070. The predicted octanol–water partition coefficient (Wildman–Crippen LogP) is 2.74. The van der Waals surface area contributed by atoms with Crippen LogP contribution in [0.4, 0.5) is 0 Å². The number of hydrogen-bond donors (Lipinski definition) is 1. The number of hydrogen-bond acceptors (Lipinski definition) is 6. The lowest BCUT2D eigenvalue weighted by Crippen LogP contribution is -2.36. The van der Waals surface area contributed by atoms with E-state index in [2.05, 4.69) is 4.98 Å². The molecule has 0 spiro atoms. The van der Waals surface area contributed by atoms with E-state index in [0.29, 0.717) is 36.6 Å². The highest BCUT2D eigenvalue weighted by molar-refractivity contribution is 7.91. The van der Waals surface area contributed by atoms with Crippen molar-refractivity contribution in [3.63, 3.8) is 0 Å². The monoisotopic (exact) mass is 426 g/mol. The summed E-state index contributed by atoms with van der Waals surface area (Å²) in [4.78, 5) is 43.1. The highest BCUT2D eigenvalue weighted by Crippen LogP contribution is 2.28. The molecular formula is C22H22N2O5S. The number of carbonyl (C=O) groups is 2. The molecule has 0 saturated carbocycles. The normalized spacial score (nSPS) is 22.2.